The third-order valence-corrected chi connectivity index (χ3v) is 3.77. The summed E-state index contributed by atoms with van der Waals surface area (Å²) >= 11 is 0. The molecule has 0 aliphatic carbocycles. The second-order valence-corrected chi connectivity index (χ2v) is 5.39. The minimum atomic E-state index is -0.841. The lowest BCUT2D eigenvalue weighted by molar-refractivity contribution is -0.384. The van der Waals surface area contributed by atoms with Crippen LogP contribution in [-0.2, 0) is 4.79 Å². The summed E-state index contributed by atoms with van der Waals surface area (Å²) in [5, 5.41) is 20.1. The SMILES string of the molecule is Cc1cnc(N2CCCCC2CCC(=O)O)c([N+](=O)[O-])c1. The molecule has 1 atom stereocenters. The fourth-order valence-electron chi connectivity index (χ4n) is 2.77. The van der Waals surface area contributed by atoms with Crippen molar-refractivity contribution in [3.8, 4) is 0 Å². The zero-order valence-electron chi connectivity index (χ0n) is 12.0. The molecule has 0 bridgehead atoms. The van der Waals surface area contributed by atoms with Crippen molar-refractivity contribution in [2.24, 2.45) is 0 Å². The molecule has 0 aromatic carbocycles. The average Bonchev–Trinajstić information content (AvgIpc) is 2.45. The van der Waals surface area contributed by atoms with Crippen LogP contribution in [0, 0.1) is 17.0 Å². The zero-order valence-corrected chi connectivity index (χ0v) is 12.0. The van der Waals surface area contributed by atoms with E-state index >= 15 is 0 Å². The fraction of sp³-hybridized carbons (Fsp3) is 0.571. The highest BCUT2D eigenvalue weighted by atomic mass is 16.6. The van der Waals surface area contributed by atoms with Crippen molar-refractivity contribution >= 4 is 17.5 Å². The number of aliphatic carboxylic acids is 1. The lowest BCUT2D eigenvalue weighted by Crippen LogP contribution is -2.40. The topological polar surface area (TPSA) is 96.6 Å². The molecule has 0 radical (unpaired) electrons. The molecule has 1 unspecified atom stereocenters. The highest BCUT2D eigenvalue weighted by molar-refractivity contribution is 5.67. The maximum absolute atomic E-state index is 11.2. The third kappa shape index (κ3) is 3.68. The highest BCUT2D eigenvalue weighted by Gasteiger charge is 2.29. The lowest BCUT2D eigenvalue weighted by atomic mass is 9.97. The molecule has 1 saturated heterocycles. The van der Waals surface area contributed by atoms with Gasteiger partial charge in [-0.2, -0.15) is 0 Å². The van der Waals surface area contributed by atoms with Crippen LogP contribution in [-0.4, -0.2) is 33.6 Å². The second kappa shape index (κ2) is 6.51. The quantitative estimate of drug-likeness (QED) is 0.662. The largest absolute Gasteiger partial charge is 0.481 e. The molecule has 2 heterocycles. The summed E-state index contributed by atoms with van der Waals surface area (Å²) in [6.07, 6.45) is 4.98. The molecule has 0 spiro atoms. The van der Waals surface area contributed by atoms with Gasteiger partial charge in [0.25, 0.3) is 0 Å². The van der Waals surface area contributed by atoms with E-state index in [-0.39, 0.29) is 18.2 Å². The first-order valence-electron chi connectivity index (χ1n) is 7.08. The molecule has 114 valence electrons. The van der Waals surface area contributed by atoms with Gasteiger partial charge in [0, 0.05) is 31.3 Å². The lowest BCUT2D eigenvalue weighted by Gasteiger charge is -2.36. The highest BCUT2D eigenvalue weighted by Crippen LogP contribution is 2.32. The first kappa shape index (κ1) is 15.2. The van der Waals surface area contributed by atoms with Crippen LogP contribution in [0.5, 0.6) is 0 Å². The van der Waals surface area contributed by atoms with Crippen LogP contribution >= 0.6 is 0 Å². The van der Waals surface area contributed by atoms with Crippen molar-refractivity contribution in [2.45, 2.75) is 45.1 Å². The number of carboxylic acid groups (broad SMARTS) is 1. The Morgan fingerprint density at radius 1 is 1.57 bits per heavy atom. The molecule has 7 nitrogen and oxygen atoms in total. The number of pyridine rings is 1. The van der Waals surface area contributed by atoms with Gasteiger partial charge in [-0.3, -0.25) is 14.9 Å². The predicted molar refractivity (Wildman–Crippen MR) is 77.5 cm³/mol. The van der Waals surface area contributed by atoms with Gasteiger partial charge >= 0.3 is 11.7 Å². The standard InChI is InChI=1S/C14H19N3O4/c1-10-8-12(17(20)21)14(15-9-10)16-7-3-2-4-11(16)5-6-13(18)19/h8-9,11H,2-7H2,1H3,(H,18,19). The van der Waals surface area contributed by atoms with Gasteiger partial charge in [0.1, 0.15) is 0 Å². The summed E-state index contributed by atoms with van der Waals surface area (Å²) in [7, 11) is 0. The number of rotatable bonds is 5. The predicted octanol–water partition coefficient (Wildman–Crippen LogP) is 2.52. The summed E-state index contributed by atoms with van der Waals surface area (Å²) < 4.78 is 0. The van der Waals surface area contributed by atoms with E-state index in [4.69, 9.17) is 5.11 Å². The summed E-state index contributed by atoms with van der Waals surface area (Å²) in [6, 6.07) is 1.52. The smallest absolute Gasteiger partial charge is 0.311 e. The Hall–Kier alpha value is -2.18. The van der Waals surface area contributed by atoms with Gasteiger partial charge < -0.3 is 10.0 Å². The number of carbonyl (C=O) groups is 1. The van der Waals surface area contributed by atoms with E-state index in [9.17, 15) is 14.9 Å². The number of carboxylic acids is 1. The molecule has 1 aromatic rings. The first-order valence-corrected chi connectivity index (χ1v) is 7.08. The van der Waals surface area contributed by atoms with Crippen LogP contribution in [0.3, 0.4) is 0 Å². The number of aromatic nitrogens is 1. The molecule has 0 saturated carbocycles. The van der Waals surface area contributed by atoms with E-state index in [0.717, 1.165) is 24.8 Å². The normalized spacial score (nSPS) is 18.5. The number of nitro groups is 1. The number of anilines is 1. The molecule has 1 aromatic heterocycles. The Bertz CT molecular complexity index is 547. The van der Waals surface area contributed by atoms with Gasteiger partial charge in [-0.1, -0.05) is 0 Å². The van der Waals surface area contributed by atoms with Crippen LogP contribution in [0.25, 0.3) is 0 Å². The van der Waals surface area contributed by atoms with Crippen molar-refractivity contribution in [1.82, 2.24) is 4.98 Å². The fourth-order valence-corrected chi connectivity index (χ4v) is 2.77. The van der Waals surface area contributed by atoms with Crippen molar-refractivity contribution in [1.29, 1.82) is 0 Å². The zero-order chi connectivity index (χ0) is 15.4. The van der Waals surface area contributed by atoms with Crippen LogP contribution in [0.4, 0.5) is 11.5 Å². The molecule has 1 aliphatic rings. The Morgan fingerprint density at radius 2 is 2.33 bits per heavy atom. The number of nitrogens with zero attached hydrogens (tertiary/aromatic N) is 3. The molecule has 1 aliphatic heterocycles. The van der Waals surface area contributed by atoms with Crippen LogP contribution < -0.4 is 4.90 Å². The van der Waals surface area contributed by atoms with E-state index < -0.39 is 10.9 Å². The summed E-state index contributed by atoms with van der Waals surface area (Å²) in [4.78, 5) is 27.7. The molecular formula is C14H19N3O4. The molecule has 0 amide bonds. The number of hydrogen-bond acceptors (Lipinski definition) is 5. The molecule has 7 heteroatoms. The number of hydrogen-bond donors (Lipinski definition) is 1. The molecule has 1 fully saturated rings. The molecule has 21 heavy (non-hydrogen) atoms. The van der Waals surface area contributed by atoms with E-state index in [1.807, 2.05) is 4.90 Å². The molecule has 2 rings (SSSR count). The van der Waals surface area contributed by atoms with Crippen molar-refractivity contribution in [3.05, 3.63) is 27.9 Å². The second-order valence-electron chi connectivity index (χ2n) is 5.39. The number of aryl methyl sites for hydroxylation is 1. The Labute approximate surface area is 122 Å². The van der Waals surface area contributed by atoms with E-state index in [0.29, 0.717) is 18.8 Å². The summed E-state index contributed by atoms with van der Waals surface area (Å²) in [5.74, 6) is -0.479. The van der Waals surface area contributed by atoms with Gasteiger partial charge in [-0.05, 0) is 38.2 Å². The van der Waals surface area contributed by atoms with Crippen molar-refractivity contribution < 1.29 is 14.8 Å². The maximum Gasteiger partial charge on any atom is 0.311 e. The van der Waals surface area contributed by atoms with Gasteiger partial charge in [0.2, 0.25) is 5.82 Å². The minimum Gasteiger partial charge on any atom is -0.481 e. The van der Waals surface area contributed by atoms with Crippen LogP contribution in [0.15, 0.2) is 12.3 Å². The van der Waals surface area contributed by atoms with Crippen molar-refractivity contribution in [3.63, 3.8) is 0 Å². The summed E-state index contributed by atoms with van der Waals surface area (Å²) in [6.45, 7) is 2.45. The van der Waals surface area contributed by atoms with Crippen molar-refractivity contribution in [2.75, 3.05) is 11.4 Å². The van der Waals surface area contributed by atoms with E-state index in [1.54, 1.807) is 13.1 Å². The number of piperidine rings is 1. The summed E-state index contributed by atoms with van der Waals surface area (Å²) in [5.41, 5.74) is 0.738. The Balaban J connectivity index is 2.28. The maximum atomic E-state index is 11.2. The average molecular weight is 293 g/mol. The Kier molecular flexibility index (Phi) is 4.72. The molecule has 1 N–H and O–H groups in total. The van der Waals surface area contributed by atoms with E-state index in [2.05, 4.69) is 4.98 Å². The Morgan fingerprint density at radius 3 is 3.00 bits per heavy atom. The van der Waals surface area contributed by atoms with Crippen LogP contribution in [0.1, 0.15) is 37.7 Å². The monoisotopic (exact) mass is 293 g/mol. The van der Waals surface area contributed by atoms with Crippen LogP contribution in [0.2, 0.25) is 0 Å². The van der Waals surface area contributed by atoms with Gasteiger partial charge in [-0.25, -0.2) is 4.98 Å². The van der Waals surface area contributed by atoms with E-state index in [1.165, 1.54) is 6.07 Å². The van der Waals surface area contributed by atoms with Gasteiger partial charge in [0.05, 0.1) is 4.92 Å². The minimum absolute atomic E-state index is 0.00257. The molecular weight excluding hydrogens is 274 g/mol. The first-order chi connectivity index (χ1) is 9.99. The van der Waals surface area contributed by atoms with Gasteiger partial charge in [-0.15, -0.1) is 0 Å². The third-order valence-electron chi connectivity index (χ3n) is 3.77. The van der Waals surface area contributed by atoms with Gasteiger partial charge in [0.15, 0.2) is 0 Å².